The van der Waals surface area contributed by atoms with Crippen LogP contribution in [0.4, 0.5) is 0 Å². The molecule has 0 saturated carbocycles. The van der Waals surface area contributed by atoms with Gasteiger partial charge in [0.15, 0.2) is 5.96 Å². The normalized spacial score (nSPS) is 11.7. The first-order valence-electron chi connectivity index (χ1n) is 7.80. The first-order valence-corrected chi connectivity index (χ1v) is 9.19. The van der Waals surface area contributed by atoms with Crippen molar-refractivity contribution in [3.63, 3.8) is 0 Å². The van der Waals surface area contributed by atoms with E-state index < -0.39 is 0 Å². The van der Waals surface area contributed by atoms with Crippen LogP contribution in [0.15, 0.2) is 40.1 Å². The molecule has 0 radical (unpaired) electrons. The van der Waals surface area contributed by atoms with Crippen molar-refractivity contribution >= 4 is 17.7 Å². The maximum absolute atomic E-state index is 5.34. The fraction of sp³-hybridized carbons (Fsp3) is 0.500. The number of thioether (sulfide) groups is 1. The lowest BCUT2D eigenvalue weighted by Gasteiger charge is -2.12. The Labute approximate surface area is 141 Å². The van der Waals surface area contributed by atoms with Crippen LogP contribution in [-0.4, -0.2) is 47.4 Å². The fourth-order valence-corrected chi connectivity index (χ4v) is 2.41. The van der Waals surface area contributed by atoms with Crippen molar-refractivity contribution in [3.8, 4) is 0 Å². The summed E-state index contributed by atoms with van der Waals surface area (Å²) in [6.07, 6.45) is 7.38. The molecule has 0 aliphatic heterocycles. The first kappa shape index (κ1) is 17.5. The van der Waals surface area contributed by atoms with Crippen molar-refractivity contribution in [2.24, 2.45) is 12.0 Å². The summed E-state index contributed by atoms with van der Waals surface area (Å²) in [6, 6.07) is 5.94. The van der Waals surface area contributed by atoms with E-state index in [0.717, 1.165) is 49.9 Å². The van der Waals surface area contributed by atoms with Gasteiger partial charge in [-0.05, 0) is 24.5 Å². The van der Waals surface area contributed by atoms with Gasteiger partial charge in [0.2, 0.25) is 0 Å². The molecule has 0 atom stereocenters. The summed E-state index contributed by atoms with van der Waals surface area (Å²) in [6.45, 7) is 2.43. The third-order valence-corrected chi connectivity index (χ3v) is 4.00. The topological polar surface area (TPSA) is 67.4 Å². The molecular formula is C16H25N5OS. The van der Waals surface area contributed by atoms with Gasteiger partial charge in [-0.1, -0.05) is 0 Å². The highest BCUT2D eigenvalue weighted by Gasteiger charge is 2.02. The number of rotatable bonds is 9. The van der Waals surface area contributed by atoms with Crippen LogP contribution in [0, 0.1) is 0 Å². The van der Waals surface area contributed by atoms with Gasteiger partial charge in [-0.15, -0.1) is 0 Å². The zero-order valence-corrected chi connectivity index (χ0v) is 14.6. The molecule has 7 heteroatoms. The Kier molecular flexibility index (Phi) is 7.59. The molecule has 23 heavy (non-hydrogen) atoms. The van der Waals surface area contributed by atoms with Crippen LogP contribution >= 0.6 is 11.8 Å². The second kappa shape index (κ2) is 9.99. The number of aryl methyl sites for hydroxylation is 1. The van der Waals surface area contributed by atoms with Crippen LogP contribution in [0.3, 0.4) is 0 Å². The van der Waals surface area contributed by atoms with E-state index in [1.807, 2.05) is 36.1 Å². The molecule has 0 unspecified atom stereocenters. The SMILES string of the molecule is CSCCN=C(NCCc1ccco1)NCCc1ccnn1C. The van der Waals surface area contributed by atoms with Gasteiger partial charge in [0, 0.05) is 50.6 Å². The first-order chi connectivity index (χ1) is 11.3. The summed E-state index contributed by atoms with van der Waals surface area (Å²) in [5.41, 5.74) is 1.21. The number of nitrogens with one attached hydrogen (secondary N) is 2. The molecule has 126 valence electrons. The van der Waals surface area contributed by atoms with Crippen molar-refractivity contribution in [1.82, 2.24) is 20.4 Å². The molecule has 0 saturated heterocycles. The van der Waals surface area contributed by atoms with Crippen molar-refractivity contribution in [3.05, 3.63) is 42.1 Å². The number of aromatic nitrogens is 2. The van der Waals surface area contributed by atoms with E-state index >= 15 is 0 Å². The number of furan rings is 1. The average molecular weight is 335 g/mol. The standard InChI is InChI=1S/C16H25N5OS/c1-21-14(6-10-20-21)5-8-17-16(19-11-13-23-2)18-9-7-15-4-3-12-22-15/h3-4,6,10,12H,5,7-9,11,13H2,1-2H3,(H2,17,18,19). The van der Waals surface area contributed by atoms with Gasteiger partial charge in [-0.2, -0.15) is 16.9 Å². The molecular weight excluding hydrogens is 310 g/mol. The van der Waals surface area contributed by atoms with E-state index in [4.69, 9.17) is 4.42 Å². The molecule has 0 aromatic carbocycles. The molecule has 0 amide bonds. The third kappa shape index (κ3) is 6.40. The summed E-state index contributed by atoms with van der Waals surface area (Å²) in [5.74, 6) is 2.86. The maximum Gasteiger partial charge on any atom is 0.191 e. The maximum atomic E-state index is 5.34. The number of aliphatic imine (C=N–C) groups is 1. The van der Waals surface area contributed by atoms with E-state index in [1.54, 1.807) is 18.0 Å². The lowest BCUT2D eigenvalue weighted by atomic mass is 10.3. The van der Waals surface area contributed by atoms with Gasteiger partial charge in [-0.3, -0.25) is 9.67 Å². The molecule has 0 fully saturated rings. The highest BCUT2D eigenvalue weighted by molar-refractivity contribution is 7.98. The molecule has 2 N–H and O–H groups in total. The quantitative estimate of drug-likeness (QED) is 0.415. The van der Waals surface area contributed by atoms with Gasteiger partial charge in [0.05, 0.1) is 12.8 Å². The van der Waals surface area contributed by atoms with E-state index in [2.05, 4.69) is 27.0 Å². The Morgan fingerprint density at radius 1 is 1.30 bits per heavy atom. The Morgan fingerprint density at radius 3 is 2.78 bits per heavy atom. The lowest BCUT2D eigenvalue weighted by Crippen LogP contribution is -2.39. The summed E-state index contributed by atoms with van der Waals surface area (Å²) in [7, 11) is 1.96. The van der Waals surface area contributed by atoms with Crippen molar-refractivity contribution in [1.29, 1.82) is 0 Å². The predicted molar refractivity (Wildman–Crippen MR) is 96.0 cm³/mol. The van der Waals surface area contributed by atoms with Crippen molar-refractivity contribution in [2.45, 2.75) is 12.8 Å². The number of guanidine groups is 1. The minimum Gasteiger partial charge on any atom is -0.469 e. The molecule has 6 nitrogen and oxygen atoms in total. The molecule has 2 heterocycles. The van der Waals surface area contributed by atoms with Crippen LogP contribution in [0.2, 0.25) is 0 Å². The fourth-order valence-electron chi connectivity index (χ4n) is 2.14. The molecule has 0 aliphatic rings. The van der Waals surface area contributed by atoms with Crippen LogP contribution < -0.4 is 10.6 Å². The van der Waals surface area contributed by atoms with Gasteiger partial charge in [0.1, 0.15) is 5.76 Å². The molecule has 2 rings (SSSR count). The van der Waals surface area contributed by atoms with Gasteiger partial charge in [0.25, 0.3) is 0 Å². The molecule has 2 aromatic heterocycles. The third-order valence-electron chi connectivity index (χ3n) is 3.41. The zero-order valence-electron chi connectivity index (χ0n) is 13.8. The van der Waals surface area contributed by atoms with Gasteiger partial charge in [-0.25, -0.2) is 0 Å². The van der Waals surface area contributed by atoms with E-state index in [-0.39, 0.29) is 0 Å². The van der Waals surface area contributed by atoms with Crippen molar-refractivity contribution < 1.29 is 4.42 Å². The van der Waals surface area contributed by atoms with E-state index in [0.29, 0.717) is 0 Å². The highest BCUT2D eigenvalue weighted by Crippen LogP contribution is 1.99. The summed E-state index contributed by atoms with van der Waals surface area (Å²) in [5, 5.41) is 10.9. The van der Waals surface area contributed by atoms with Crippen LogP contribution in [-0.2, 0) is 19.9 Å². The van der Waals surface area contributed by atoms with Gasteiger partial charge < -0.3 is 15.1 Å². The van der Waals surface area contributed by atoms with Crippen LogP contribution in [0.25, 0.3) is 0 Å². The van der Waals surface area contributed by atoms with Crippen LogP contribution in [0.1, 0.15) is 11.5 Å². The number of hydrogen-bond donors (Lipinski definition) is 2. The molecule has 0 spiro atoms. The Hall–Kier alpha value is -1.89. The summed E-state index contributed by atoms with van der Waals surface area (Å²) >= 11 is 1.80. The molecule has 0 aliphatic carbocycles. The second-order valence-electron chi connectivity index (χ2n) is 5.10. The second-order valence-corrected chi connectivity index (χ2v) is 6.09. The highest BCUT2D eigenvalue weighted by atomic mass is 32.2. The van der Waals surface area contributed by atoms with Crippen LogP contribution in [0.5, 0.6) is 0 Å². The largest absolute Gasteiger partial charge is 0.469 e. The van der Waals surface area contributed by atoms with Gasteiger partial charge >= 0.3 is 0 Å². The minimum atomic E-state index is 0.796. The Morgan fingerprint density at radius 2 is 2.13 bits per heavy atom. The molecule has 0 bridgehead atoms. The predicted octanol–water partition coefficient (Wildman–Crippen LogP) is 1.70. The Balaban J connectivity index is 1.76. The number of nitrogens with zero attached hydrogens (tertiary/aromatic N) is 3. The number of hydrogen-bond acceptors (Lipinski definition) is 4. The van der Waals surface area contributed by atoms with Crippen molar-refractivity contribution in [2.75, 3.05) is 31.6 Å². The minimum absolute atomic E-state index is 0.796. The molecule has 2 aromatic rings. The van der Waals surface area contributed by atoms with E-state index in [9.17, 15) is 0 Å². The van der Waals surface area contributed by atoms with E-state index in [1.165, 1.54) is 5.69 Å². The average Bonchev–Trinajstić information content (AvgIpc) is 3.19. The summed E-state index contributed by atoms with van der Waals surface area (Å²) < 4.78 is 7.24. The monoisotopic (exact) mass is 335 g/mol. The lowest BCUT2D eigenvalue weighted by molar-refractivity contribution is 0.506. The smallest absolute Gasteiger partial charge is 0.191 e. The zero-order chi connectivity index (χ0) is 16.3. The summed E-state index contributed by atoms with van der Waals surface area (Å²) in [4.78, 5) is 4.59. The Bertz CT molecular complexity index is 579.